The summed E-state index contributed by atoms with van der Waals surface area (Å²) in [5.74, 6) is -0.384. The molecule has 0 atom stereocenters. The van der Waals surface area contributed by atoms with Crippen molar-refractivity contribution < 1.29 is 22.7 Å². The Bertz CT molecular complexity index is 1480. The summed E-state index contributed by atoms with van der Waals surface area (Å²) in [6.45, 7) is 1.45. The van der Waals surface area contributed by atoms with Gasteiger partial charge in [0.25, 0.3) is 0 Å². The smallest absolute Gasteiger partial charge is 0.235 e. The molecule has 11 heteroatoms. The number of sulfone groups is 1. The van der Waals surface area contributed by atoms with Crippen molar-refractivity contribution >= 4 is 44.5 Å². The van der Waals surface area contributed by atoms with Crippen LogP contribution in [0.2, 0.25) is 10.0 Å². The minimum Gasteiger partial charge on any atom is -0.486 e. The lowest BCUT2D eigenvalue weighted by Crippen LogP contribution is -2.30. The van der Waals surface area contributed by atoms with Crippen molar-refractivity contribution in [2.24, 2.45) is 0 Å². The molecule has 0 unspecified atom stereocenters. The van der Waals surface area contributed by atoms with Crippen LogP contribution in [0.15, 0.2) is 53.6 Å². The second-order valence-electron chi connectivity index (χ2n) is 8.86. The molecule has 2 heterocycles. The first kappa shape index (κ1) is 25.6. The number of carbonyl (C=O) groups is 1. The number of amides is 1. The van der Waals surface area contributed by atoms with Crippen molar-refractivity contribution in [2.75, 3.05) is 25.5 Å². The molecule has 1 N–H and O–H groups in total. The number of nitrogens with zero attached hydrogens (tertiary/aromatic N) is 2. The zero-order valence-electron chi connectivity index (χ0n) is 19.9. The highest BCUT2D eigenvalue weighted by atomic mass is 35.5. The summed E-state index contributed by atoms with van der Waals surface area (Å²) in [5.41, 5.74) is 4.10. The van der Waals surface area contributed by atoms with Crippen molar-refractivity contribution in [3.8, 4) is 11.5 Å². The Kier molecular flexibility index (Phi) is 7.46. The lowest BCUT2D eigenvalue weighted by molar-refractivity contribution is -0.118. The average molecular weight is 562 g/mol. The van der Waals surface area contributed by atoms with Gasteiger partial charge in [-0.2, -0.15) is 5.10 Å². The highest BCUT2D eigenvalue weighted by Gasteiger charge is 2.23. The fraction of sp³-hybridized carbons (Fsp3) is 0.308. The van der Waals surface area contributed by atoms with Crippen LogP contribution in [-0.4, -0.2) is 49.6 Å². The number of rotatable bonds is 7. The predicted octanol–water partition coefficient (Wildman–Crippen LogP) is 4.32. The monoisotopic (exact) mass is 561 g/mol. The normalized spacial score (nSPS) is 15.9. The van der Waals surface area contributed by atoms with E-state index in [1.807, 2.05) is 23.0 Å². The first-order chi connectivity index (χ1) is 17.8. The summed E-state index contributed by atoms with van der Waals surface area (Å²) in [4.78, 5) is 12.5. The predicted molar refractivity (Wildman–Crippen MR) is 141 cm³/mol. The summed E-state index contributed by atoms with van der Waals surface area (Å²) in [6, 6.07) is 9.76. The van der Waals surface area contributed by atoms with E-state index in [9.17, 15) is 13.2 Å². The fourth-order valence-corrected chi connectivity index (χ4v) is 6.15. The maximum Gasteiger partial charge on any atom is 0.235 e. The van der Waals surface area contributed by atoms with Gasteiger partial charge in [-0.1, -0.05) is 35.3 Å². The van der Waals surface area contributed by atoms with E-state index in [1.54, 1.807) is 18.2 Å². The van der Waals surface area contributed by atoms with Crippen molar-refractivity contribution in [2.45, 2.75) is 30.7 Å². The van der Waals surface area contributed by atoms with Crippen LogP contribution in [0.25, 0.3) is 5.57 Å². The SMILES string of the molecule is O=C(CS(=O)(=O)c1ccc2c(c1)OCCO2)NC/C=C1\CCCc2cnn(Cc3ccc(Cl)cc3Cl)c21. The van der Waals surface area contributed by atoms with Gasteiger partial charge in [0, 0.05) is 22.7 Å². The Morgan fingerprint density at radius 2 is 1.89 bits per heavy atom. The van der Waals surface area contributed by atoms with Crippen LogP contribution in [0.4, 0.5) is 0 Å². The first-order valence-electron chi connectivity index (χ1n) is 11.9. The molecule has 0 saturated carbocycles. The molecule has 0 radical (unpaired) electrons. The number of carbonyl (C=O) groups excluding carboxylic acids is 1. The highest BCUT2D eigenvalue weighted by molar-refractivity contribution is 7.92. The number of aryl methyl sites for hydroxylation is 1. The lowest BCUT2D eigenvalue weighted by Gasteiger charge is -2.19. The van der Waals surface area contributed by atoms with Gasteiger partial charge >= 0.3 is 0 Å². The van der Waals surface area contributed by atoms with Gasteiger partial charge in [-0.3, -0.25) is 9.48 Å². The standard InChI is InChI=1S/C26H25Cl2N3O5S/c27-20-5-4-19(22(28)12-20)15-31-26-17(2-1-3-18(26)14-30-31)8-9-29-25(32)16-37(33,34)21-6-7-23-24(13-21)36-11-10-35-23/h4-8,12-14H,1-3,9-11,15-16H2,(H,29,32)/b17-8+. The van der Waals surface area contributed by atoms with Gasteiger partial charge in [0.2, 0.25) is 5.91 Å². The van der Waals surface area contributed by atoms with Crippen molar-refractivity contribution in [1.29, 1.82) is 0 Å². The Morgan fingerprint density at radius 1 is 1.08 bits per heavy atom. The number of halogens is 2. The molecule has 0 spiro atoms. The van der Waals surface area contributed by atoms with E-state index in [-0.39, 0.29) is 11.4 Å². The third-order valence-corrected chi connectivity index (χ3v) is 8.49. The number of benzene rings is 2. The molecule has 1 aliphatic heterocycles. The van der Waals surface area contributed by atoms with Crippen LogP contribution in [0.3, 0.4) is 0 Å². The number of ether oxygens (including phenoxy) is 2. The zero-order chi connectivity index (χ0) is 26.0. The molecule has 1 aromatic heterocycles. The van der Waals surface area contributed by atoms with E-state index in [0.717, 1.165) is 41.7 Å². The molecule has 0 saturated heterocycles. The van der Waals surface area contributed by atoms with Crippen LogP contribution in [0, 0.1) is 0 Å². The molecule has 8 nitrogen and oxygen atoms in total. The Morgan fingerprint density at radius 3 is 2.70 bits per heavy atom. The highest BCUT2D eigenvalue weighted by Crippen LogP contribution is 2.33. The van der Waals surface area contributed by atoms with Gasteiger partial charge in [0.1, 0.15) is 19.0 Å². The largest absolute Gasteiger partial charge is 0.486 e. The molecule has 3 aromatic rings. The van der Waals surface area contributed by atoms with Gasteiger partial charge in [-0.15, -0.1) is 0 Å². The van der Waals surface area contributed by atoms with E-state index in [4.69, 9.17) is 32.7 Å². The van der Waals surface area contributed by atoms with Crippen molar-refractivity contribution in [1.82, 2.24) is 15.1 Å². The maximum absolute atomic E-state index is 12.8. The van der Waals surface area contributed by atoms with E-state index >= 15 is 0 Å². The molecule has 5 rings (SSSR count). The summed E-state index contributed by atoms with van der Waals surface area (Å²) in [7, 11) is -3.84. The second-order valence-corrected chi connectivity index (χ2v) is 11.7. The summed E-state index contributed by atoms with van der Waals surface area (Å²) >= 11 is 12.4. The maximum atomic E-state index is 12.8. The molecular weight excluding hydrogens is 537 g/mol. The van der Waals surface area contributed by atoms with Gasteiger partial charge in [0.15, 0.2) is 21.3 Å². The molecule has 37 heavy (non-hydrogen) atoms. The van der Waals surface area contributed by atoms with Crippen LogP contribution in [0.1, 0.15) is 29.7 Å². The molecule has 0 fully saturated rings. The third-order valence-electron chi connectivity index (χ3n) is 6.29. The summed E-state index contributed by atoms with van der Waals surface area (Å²) in [6.07, 6.45) is 6.51. The number of aromatic nitrogens is 2. The van der Waals surface area contributed by atoms with E-state index in [0.29, 0.717) is 41.3 Å². The number of hydrogen-bond acceptors (Lipinski definition) is 6. The van der Waals surface area contributed by atoms with Crippen LogP contribution in [-0.2, 0) is 27.6 Å². The summed E-state index contributed by atoms with van der Waals surface area (Å²) < 4.78 is 38.4. The molecule has 194 valence electrons. The number of hydrogen-bond donors (Lipinski definition) is 1. The minimum absolute atomic E-state index is 0.0203. The zero-order valence-corrected chi connectivity index (χ0v) is 22.2. The van der Waals surface area contributed by atoms with Gasteiger partial charge in [0.05, 0.1) is 23.3 Å². The number of nitrogens with one attached hydrogen (secondary N) is 1. The van der Waals surface area contributed by atoms with Gasteiger partial charge in [-0.25, -0.2) is 8.42 Å². The summed E-state index contributed by atoms with van der Waals surface area (Å²) in [5, 5.41) is 8.42. The molecule has 2 aliphatic rings. The quantitative estimate of drug-likeness (QED) is 0.461. The first-order valence-corrected chi connectivity index (χ1v) is 14.3. The number of fused-ring (bicyclic) bond motifs is 2. The third kappa shape index (κ3) is 5.79. The minimum atomic E-state index is -3.84. The van der Waals surface area contributed by atoms with Crippen molar-refractivity contribution in [3.63, 3.8) is 0 Å². The van der Waals surface area contributed by atoms with E-state index in [2.05, 4.69) is 10.4 Å². The lowest BCUT2D eigenvalue weighted by atomic mass is 9.92. The van der Waals surface area contributed by atoms with Gasteiger partial charge in [-0.05, 0) is 60.2 Å². The van der Waals surface area contributed by atoms with Gasteiger partial charge < -0.3 is 14.8 Å². The van der Waals surface area contributed by atoms with Crippen molar-refractivity contribution in [3.05, 3.63) is 75.5 Å². The fourth-order valence-electron chi connectivity index (χ4n) is 4.51. The van der Waals surface area contributed by atoms with E-state index in [1.165, 1.54) is 12.1 Å². The average Bonchev–Trinajstić information content (AvgIpc) is 3.29. The van der Waals surface area contributed by atoms with Crippen LogP contribution < -0.4 is 14.8 Å². The Balaban J connectivity index is 1.25. The van der Waals surface area contributed by atoms with Crippen LogP contribution >= 0.6 is 23.2 Å². The van der Waals surface area contributed by atoms with Crippen LogP contribution in [0.5, 0.6) is 11.5 Å². The molecular formula is C26H25Cl2N3O5S. The topological polar surface area (TPSA) is 99.5 Å². The van der Waals surface area contributed by atoms with E-state index < -0.39 is 21.5 Å². The molecule has 1 amide bonds. The Hall–Kier alpha value is -3.01. The second kappa shape index (κ2) is 10.8. The number of allylic oxidation sites excluding steroid dienone is 1. The molecule has 2 aromatic carbocycles. The Labute approximate surface area is 225 Å². The molecule has 0 bridgehead atoms. The molecule has 1 aliphatic carbocycles.